The van der Waals surface area contributed by atoms with E-state index in [-0.39, 0.29) is 0 Å². The number of hydrogen-bond acceptors (Lipinski definition) is 4. The molecule has 0 bridgehead atoms. The predicted octanol–water partition coefficient (Wildman–Crippen LogP) is 2.53. The summed E-state index contributed by atoms with van der Waals surface area (Å²) in [6.07, 6.45) is 7.65. The van der Waals surface area contributed by atoms with Crippen LogP contribution in [0.2, 0.25) is 0 Å². The van der Waals surface area contributed by atoms with Crippen molar-refractivity contribution in [2.75, 3.05) is 6.54 Å². The van der Waals surface area contributed by atoms with Crippen LogP contribution in [0.15, 0.2) is 12.3 Å². The van der Waals surface area contributed by atoms with Crippen molar-refractivity contribution in [3.8, 4) is 0 Å². The van der Waals surface area contributed by atoms with E-state index in [4.69, 9.17) is 5.21 Å². The molecule has 0 aromatic carbocycles. The van der Waals surface area contributed by atoms with Crippen LogP contribution in [0, 0.1) is 5.41 Å². The number of fused-ring (bicyclic) bond motifs is 1. The molecule has 1 aromatic heterocycles. The van der Waals surface area contributed by atoms with Gasteiger partial charge in [-0.15, -0.1) is 0 Å². The topological polar surface area (TPSA) is 65.5 Å². The zero-order chi connectivity index (χ0) is 15.7. The van der Waals surface area contributed by atoms with Gasteiger partial charge in [0, 0.05) is 25.3 Å². The van der Waals surface area contributed by atoms with Gasteiger partial charge in [-0.2, -0.15) is 0 Å². The molecule has 1 aliphatic heterocycles. The van der Waals surface area contributed by atoms with Gasteiger partial charge in [0.25, 0.3) is 5.91 Å². The van der Waals surface area contributed by atoms with E-state index in [0.29, 0.717) is 17.0 Å². The van der Waals surface area contributed by atoms with Gasteiger partial charge >= 0.3 is 0 Å². The van der Waals surface area contributed by atoms with E-state index in [2.05, 4.69) is 23.7 Å². The Morgan fingerprint density at radius 2 is 2.18 bits per heavy atom. The van der Waals surface area contributed by atoms with Gasteiger partial charge in [-0.3, -0.25) is 19.9 Å². The van der Waals surface area contributed by atoms with Crippen LogP contribution in [0.1, 0.15) is 61.1 Å². The molecular formula is C17H25N3O2. The molecule has 1 saturated carbocycles. The number of amides is 1. The van der Waals surface area contributed by atoms with Crippen LogP contribution in [-0.2, 0) is 13.0 Å². The van der Waals surface area contributed by atoms with Crippen LogP contribution in [0.25, 0.3) is 0 Å². The molecule has 5 heteroatoms. The largest absolute Gasteiger partial charge is 0.294 e. The number of carbonyl (C=O) groups is 1. The fourth-order valence-electron chi connectivity index (χ4n) is 3.96. The molecule has 1 fully saturated rings. The van der Waals surface area contributed by atoms with Gasteiger partial charge in [-0.05, 0) is 36.3 Å². The van der Waals surface area contributed by atoms with Crippen LogP contribution >= 0.6 is 0 Å². The summed E-state index contributed by atoms with van der Waals surface area (Å²) in [7, 11) is 0. The van der Waals surface area contributed by atoms with E-state index < -0.39 is 5.91 Å². The van der Waals surface area contributed by atoms with Gasteiger partial charge in [0.2, 0.25) is 0 Å². The Morgan fingerprint density at radius 3 is 2.82 bits per heavy atom. The van der Waals surface area contributed by atoms with Crippen LogP contribution in [0.4, 0.5) is 0 Å². The fourth-order valence-corrected chi connectivity index (χ4v) is 3.96. The predicted molar refractivity (Wildman–Crippen MR) is 83.6 cm³/mol. The Labute approximate surface area is 131 Å². The first-order chi connectivity index (χ1) is 10.6. The lowest BCUT2D eigenvalue weighted by atomic mass is 9.61. The second kappa shape index (κ2) is 5.97. The highest BCUT2D eigenvalue weighted by atomic mass is 16.5. The molecule has 2 aliphatic rings. The zero-order valence-electron chi connectivity index (χ0n) is 13.4. The van der Waals surface area contributed by atoms with E-state index in [1.54, 1.807) is 11.7 Å². The van der Waals surface area contributed by atoms with Gasteiger partial charge in [0.15, 0.2) is 0 Å². The highest BCUT2D eigenvalue weighted by Crippen LogP contribution is 2.49. The number of pyridine rings is 1. The van der Waals surface area contributed by atoms with Gasteiger partial charge < -0.3 is 0 Å². The average molecular weight is 303 g/mol. The molecule has 0 radical (unpaired) electrons. The van der Waals surface area contributed by atoms with E-state index in [0.717, 1.165) is 30.8 Å². The molecule has 5 nitrogen and oxygen atoms in total. The molecule has 0 unspecified atom stereocenters. The molecular weight excluding hydrogens is 278 g/mol. The first kappa shape index (κ1) is 15.4. The van der Waals surface area contributed by atoms with Gasteiger partial charge in [-0.25, -0.2) is 5.48 Å². The van der Waals surface area contributed by atoms with Crippen molar-refractivity contribution in [1.29, 1.82) is 0 Å². The fraction of sp³-hybridized carbons (Fsp3) is 0.647. The molecule has 0 atom stereocenters. The molecule has 2 heterocycles. The Balaban J connectivity index is 1.67. The highest BCUT2D eigenvalue weighted by molar-refractivity contribution is 5.93. The standard InChI is InChI=1S/C17H25N3O2/c1-3-17(4-2)8-14(9-17)20-6-5-12-7-13(16(21)19-22)10-18-15(12)11-20/h7,10,14,22H,3-6,8-9,11H2,1-2H3,(H,19,21). The lowest BCUT2D eigenvalue weighted by molar-refractivity contribution is -0.0128. The second-order valence-corrected chi connectivity index (χ2v) is 6.76. The summed E-state index contributed by atoms with van der Waals surface area (Å²) >= 11 is 0. The molecule has 0 saturated heterocycles. The summed E-state index contributed by atoms with van der Waals surface area (Å²) in [5.74, 6) is -0.493. The van der Waals surface area contributed by atoms with Crippen LogP contribution in [-0.4, -0.2) is 33.6 Å². The zero-order valence-corrected chi connectivity index (χ0v) is 13.4. The van der Waals surface area contributed by atoms with Crippen molar-refractivity contribution in [1.82, 2.24) is 15.4 Å². The van der Waals surface area contributed by atoms with E-state index in [1.807, 2.05) is 6.07 Å². The molecule has 3 rings (SSSR count). The summed E-state index contributed by atoms with van der Waals surface area (Å²) in [6.45, 7) is 6.53. The van der Waals surface area contributed by atoms with Gasteiger partial charge in [0.05, 0.1) is 11.3 Å². The first-order valence-electron chi connectivity index (χ1n) is 8.27. The highest BCUT2D eigenvalue weighted by Gasteiger charge is 2.44. The summed E-state index contributed by atoms with van der Waals surface area (Å²) in [5.41, 5.74) is 4.87. The third-order valence-electron chi connectivity index (χ3n) is 5.80. The smallest absolute Gasteiger partial charge is 0.276 e. The average Bonchev–Trinajstić information content (AvgIpc) is 2.53. The summed E-state index contributed by atoms with van der Waals surface area (Å²) in [6, 6.07) is 2.55. The van der Waals surface area contributed by atoms with Crippen molar-refractivity contribution in [2.24, 2.45) is 5.41 Å². The number of nitrogens with one attached hydrogen (secondary N) is 1. The summed E-state index contributed by atoms with van der Waals surface area (Å²) in [4.78, 5) is 18.4. The molecule has 1 aliphatic carbocycles. The maximum Gasteiger partial charge on any atom is 0.276 e. The minimum absolute atomic E-state index is 0.425. The van der Waals surface area contributed by atoms with Crippen molar-refractivity contribution in [3.63, 3.8) is 0 Å². The number of hydroxylamine groups is 1. The monoisotopic (exact) mass is 303 g/mol. The van der Waals surface area contributed by atoms with Crippen LogP contribution in [0.5, 0.6) is 0 Å². The molecule has 22 heavy (non-hydrogen) atoms. The molecule has 2 N–H and O–H groups in total. The number of hydrogen-bond donors (Lipinski definition) is 2. The lowest BCUT2D eigenvalue weighted by Crippen LogP contribution is -2.52. The minimum atomic E-state index is -0.493. The Morgan fingerprint density at radius 1 is 1.45 bits per heavy atom. The summed E-state index contributed by atoms with van der Waals surface area (Å²) < 4.78 is 0. The van der Waals surface area contributed by atoms with Gasteiger partial charge in [0.1, 0.15) is 0 Å². The maximum absolute atomic E-state index is 11.5. The first-order valence-corrected chi connectivity index (χ1v) is 8.27. The van der Waals surface area contributed by atoms with Crippen LogP contribution in [0.3, 0.4) is 0 Å². The van der Waals surface area contributed by atoms with Crippen molar-refractivity contribution < 1.29 is 10.0 Å². The second-order valence-electron chi connectivity index (χ2n) is 6.76. The quantitative estimate of drug-likeness (QED) is 0.662. The Kier molecular flexibility index (Phi) is 4.19. The minimum Gasteiger partial charge on any atom is -0.294 e. The molecule has 1 amide bonds. The summed E-state index contributed by atoms with van der Waals surface area (Å²) in [5, 5.41) is 8.71. The van der Waals surface area contributed by atoms with Crippen LogP contribution < -0.4 is 5.48 Å². The SMILES string of the molecule is CCC1(CC)CC(N2CCc3cc(C(=O)NO)cnc3C2)C1. The van der Waals surface area contributed by atoms with Crippen molar-refractivity contribution >= 4 is 5.91 Å². The van der Waals surface area contributed by atoms with Gasteiger partial charge in [-0.1, -0.05) is 26.7 Å². The normalized spacial score (nSPS) is 21.0. The molecule has 0 spiro atoms. The molecule has 1 aromatic rings. The number of carbonyl (C=O) groups excluding carboxylic acids is 1. The van der Waals surface area contributed by atoms with E-state index in [1.165, 1.54) is 25.7 Å². The number of nitrogens with zero attached hydrogens (tertiary/aromatic N) is 2. The Bertz CT molecular complexity index is 561. The van der Waals surface area contributed by atoms with Crippen molar-refractivity contribution in [2.45, 2.75) is 58.5 Å². The maximum atomic E-state index is 11.5. The van der Waals surface area contributed by atoms with Crippen molar-refractivity contribution in [3.05, 3.63) is 29.1 Å². The number of rotatable bonds is 4. The van der Waals surface area contributed by atoms with E-state index >= 15 is 0 Å². The third kappa shape index (κ3) is 2.63. The lowest BCUT2D eigenvalue weighted by Gasteiger charge is -2.52. The molecule has 120 valence electrons. The van der Waals surface area contributed by atoms with E-state index in [9.17, 15) is 4.79 Å². The third-order valence-corrected chi connectivity index (χ3v) is 5.80. The number of aromatic nitrogens is 1. The Hall–Kier alpha value is -1.46.